The Kier molecular flexibility index (Phi) is 9.14. The summed E-state index contributed by atoms with van der Waals surface area (Å²) in [5.41, 5.74) is 0.487. The number of hydrogen-bond donors (Lipinski definition) is 1. The molecule has 1 saturated carbocycles. The third-order valence-corrected chi connectivity index (χ3v) is 7.77. The topological polar surface area (TPSA) is 87.8 Å². The van der Waals surface area contributed by atoms with Gasteiger partial charge in [0.15, 0.2) is 5.60 Å². The number of morpholine rings is 1. The lowest BCUT2D eigenvalue weighted by atomic mass is 9.72. The van der Waals surface area contributed by atoms with Gasteiger partial charge in [0.2, 0.25) is 5.88 Å². The molecule has 0 radical (unpaired) electrons. The first-order valence-corrected chi connectivity index (χ1v) is 13.8. The van der Waals surface area contributed by atoms with Gasteiger partial charge in [-0.3, -0.25) is 0 Å². The van der Waals surface area contributed by atoms with E-state index in [0.29, 0.717) is 29.7 Å². The number of methoxy groups -OCH3 is 1. The molecule has 7 nitrogen and oxygen atoms in total. The highest BCUT2D eigenvalue weighted by Gasteiger charge is 2.69. The number of likely N-dealkylation sites (N-methyl/N-ethyl adjacent to an activating group) is 1. The van der Waals surface area contributed by atoms with Crippen LogP contribution in [0.4, 0.5) is 0 Å². The van der Waals surface area contributed by atoms with Crippen molar-refractivity contribution >= 4 is 11.6 Å². The standard InChI is InChI=1S/C24H19ClN2O3.C5H11NO.C2H6/c1-29-22-21-19(13-20(25)27-22)30-24(17-9-7-15(14-26)8-10-17)18(11-12-23(21,24)28)16-5-3-2-4-6-16;1-6-2-4-7-5-3-6;1-2/h2-10,13,18,28H,11-12H2,1H3;2-5H2,1H3;1-2H3. The van der Waals surface area contributed by atoms with Crippen LogP contribution in [0.3, 0.4) is 0 Å². The molecule has 1 N–H and O–H groups in total. The van der Waals surface area contributed by atoms with Crippen LogP contribution in [0.1, 0.15) is 54.9 Å². The Morgan fingerprint density at radius 2 is 1.77 bits per heavy atom. The predicted molar refractivity (Wildman–Crippen MR) is 151 cm³/mol. The summed E-state index contributed by atoms with van der Waals surface area (Å²) < 4.78 is 17.2. The number of aromatic nitrogens is 1. The molecule has 8 heteroatoms. The minimum Gasteiger partial charge on any atom is -0.481 e. The van der Waals surface area contributed by atoms with Gasteiger partial charge in [0.25, 0.3) is 0 Å². The monoisotopic (exact) mass is 549 g/mol. The van der Waals surface area contributed by atoms with Gasteiger partial charge >= 0.3 is 0 Å². The fraction of sp³-hybridized carbons (Fsp3) is 0.419. The molecule has 1 aliphatic carbocycles. The van der Waals surface area contributed by atoms with Crippen molar-refractivity contribution in [2.45, 2.75) is 43.8 Å². The summed E-state index contributed by atoms with van der Waals surface area (Å²) in [6, 6.07) is 21.0. The van der Waals surface area contributed by atoms with E-state index in [0.717, 1.165) is 37.4 Å². The zero-order chi connectivity index (χ0) is 28.0. The van der Waals surface area contributed by atoms with E-state index in [1.165, 1.54) is 7.11 Å². The number of benzene rings is 2. The lowest BCUT2D eigenvalue weighted by Crippen LogP contribution is -2.48. The first kappa shape index (κ1) is 28.8. The molecule has 0 bridgehead atoms. The number of halogens is 1. The number of fused-ring (bicyclic) bond motifs is 3. The largest absolute Gasteiger partial charge is 0.481 e. The predicted octanol–water partition coefficient (Wildman–Crippen LogP) is 5.64. The van der Waals surface area contributed by atoms with Crippen molar-refractivity contribution in [3.8, 4) is 17.7 Å². The number of nitriles is 1. The van der Waals surface area contributed by atoms with Crippen LogP contribution < -0.4 is 9.47 Å². The molecule has 0 spiro atoms. The smallest absolute Gasteiger partial charge is 0.224 e. The van der Waals surface area contributed by atoms with Crippen LogP contribution in [0.15, 0.2) is 60.7 Å². The summed E-state index contributed by atoms with van der Waals surface area (Å²) in [7, 11) is 3.62. The minimum atomic E-state index is -1.36. The highest BCUT2D eigenvalue weighted by atomic mass is 35.5. The van der Waals surface area contributed by atoms with Crippen LogP contribution in [0.2, 0.25) is 5.15 Å². The zero-order valence-corrected chi connectivity index (χ0v) is 23.7. The van der Waals surface area contributed by atoms with Crippen LogP contribution in [0, 0.1) is 11.3 Å². The highest BCUT2D eigenvalue weighted by molar-refractivity contribution is 6.29. The third kappa shape index (κ3) is 5.22. The van der Waals surface area contributed by atoms with Gasteiger partial charge in [-0.25, -0.2) is 4.98 Å². The number of aliphatic hydroxyl groups is 1. The van der Waals surface area contributed by atoms with E-state index in [2.05, 4.69) is 35.1 Å². The van der Waals surface area contributed by atoms with Crippen molar-refractivity contribution in [1.82, 2.24) is 9.88 Å². The second kappa shape index (κ2) is 12.4. The van der Waals surface area contributed by atoms with E-state index in [1.807, 2.05) is 44.2 Å². The molecule has 39 heavy (non-hydrogen) atoms. The third-order valence-electron chi connectivity index (χ3n) is 7.58. The van der Waals surface area contributed by atoms with Crippen LogP contribution in [0.25, 0.3) is 0 Å². The Labute approximate surface area is 235 Å². The second-order valence-corrected chi connectivity index (χ2v) is 10.0. The lowest BCUT2D eigenvalue weighted by molar-refractivity contribution is -0.106. The summed E-state index contributed by atoms with van der Waals surface area (Å²) >= 11 is 6.20. The number of rotatable bonds is 3. The molecule has 3 unspecified atom stereocenters. The van der Waals surface area contributed by atoms with Crippen molar-refractivity contribution in [1.29, 1.82) is 5.26 Å². The molecule has 2 aromatic carbocycles. The minimum absolute atomic E-state index is 0.118. The van der Waals surface area contributed by atoms with E-state index in [-0.39, 0.29) is 17.0 Å². The van der Waals surface area contributed by atoms with E-state index in [4.69, 9.17) is 25.8 Å². The van der Waals surface area contributed by atoms with Crippen molar-refractivity contribution in [2.24, 2.45) is 0 Å². The van der Waals surface area contributed by atoms with Crippen LogP contribution in [-0.4, -0.2) is 55.5 Å². The summed E-state index contributed by atoms with van der Waals surface area (Å²) in [5.74, 6) is 0.621. The Morgan fingerprint density at radius 3 is 2.33 bits per heavy atom. The average Bonchev–Trinajstić information content (AvgIpc) is 3.41. The van der Waals surface area contributed by atoms with E-state index in [9.17, 15) is 10.4 Å². The van der Waals surface area contributed by atoms with Gasteiger partial charge in [-0.2, -0.15) is 5.26 Å². The molecule has 3 aliphatic rings. The van der Waals surface area contributed by atoms with E-state index >= 15 is 0 Å². The maximum absolute atomic E-state index is 12.2. The van der Waals surface area contributed by atoms with Gasteiger partial charge < -0.3 is 24.2 Å². The molecule has 206 valence electrons. The maximum Gasteiger partial charge on any atom is 0.224 e. The average molecular weight is 550 g/mol. The van der Waals surface area contributed by atoms with Gasteiger partial charge in [-0.1, -0.05) is 67.9 Å². The van der Waals surface area contributed by atoms with Gasteiger partial charge in [0.1, 0.15) is 16.5 Å². The van der Waals surface area contributed by atoms with Gasteiger partial charge in [-0.05, 0) is 43.1 Å². The molecule has 1 aromatic heterocycles. The Balaban J connectivity index is 0.000000338. The molecule has 3 heterocycles. The van der Waals surface area contributed by atoms with Crippen molar-refractivity contribution < 1.29 is 19.3 Å². The molecule has 0 amide bonds. The van der Waals surface area contributed by atoms with Crippen molar-refractivity contribution in [3.63, 3.8) is 0 Å². The fourth-order valence-corrected chi connectivity index (χ4v) is 5.96. The lowest BCUT2D eigenvalue weighted by Gasteiger charge is -2.40. The SMILES string of the molecule is CC.CN1CCOCC1.COc1nc(Cl)cc2c1C1(O)CCC(c3ccccc3)C1(c1ccc(C#N)cc1)O2. The summed E-state index contributed by atoms with van der Waals surface area (Å²) in [4.78, 5) is 6.55. The second-order valence-electron chi connectivity index (χ2n) is 9.63. The normalized spacial score (nSPS) is 25.0. The number of pyridine rings is 1. The highest BCUT2D eigenvalue weighted by Crippen LogP contribution is 2.68. The van der Waals surface area contributed by atoms with Gasteiger partial charge in [0, 0.05) is 25.1 Å². The number of hydrogen-bond acceptors (Lipinski definition) is 7. The van der Waals surface area contributed by atoms with Crippen LogP contribution in [0.5, 0.6) is 11.6 Å². The quantitative estimate of drug-likeness (QED) is 0.423. The molecular weight excluding hydrogens is 514 g/mol. The van der Waals surface area contributed by atoms with E-state index in [1.54, 1.807) is 18.2 Å². The maximum atomic E-state index is 12.2. The van der Waals surface area contributed by atoms with Crippen LogP contribution >= 0.6 is 11.6 Å². The zero-order valence-electron chi connectivity index (χ0n) is 23.0. The number of nitrogens with zero attached hydrogens (tertiary/aromatic N) is 3. The van der Waals surface area contributed by atoms with Crippen LogP contribution in [-0.2, 0) is 15.9 Å². The van der Waals surface area contributed by atoms with Crippen molar-refractivity contribution in [2.75, 3.05) is 40.5 Å². The van der Waals surface area contributed by atoms with Gasteiger partial charge in [-0.15, -0.1) is 0 Å². The molecule has 2 aliphatic heterocycles. The first-order valence-electron chi connectivity index (χ1n) is 13.4. The van der Waals surface area contributed by atoms with E-state index < -0.39 is 11.2 Å². The molecule has 1 saturated heterocycles. The Morgan fingerprint density at radius 1 is 1.10 bits per heavy atom. The molecule has 3 atom stereocenters. The summed E-state index contributed by atoms with van der Waals surface area (Å²) in [6.07, 6.45) is 1.19. The molecule has 3 aromatic rings. The molecule has 6 rings (SSSR count). The summed E-state index contributed by atoms with van der Waals surface area (Å²) in [5, 5.41) is 21.7. The van der Waals surface area contributed by atoms with Gasteiger partial charge in [0.05, 0.1) is 37.5 Å². The Bertz CT molecular complexity index is 1290. The summed E-state index contributed by atoms with van der Waals surface area (Å²) in [6.45, 7) is 8.02. The first-order chi connectivity index (χ1) is 18.9. The fourth-order valence-electron chi connectivity index (χ4n) is 5.78. The molecular formula is C31H36ClN3O4. The number of ether oxygens (including phenoxy) is 3. The van der Waals surface area contributed by atoms with Crippen molar-refractivity contribution in [3.05, 3.63) is 88.1 Å². The molecule has 2 fully saturated rings. The Hall–Kier alpha value is -3.15.